The summed E-state index contributed by atoms with van der Waals surface area (Å²) in [4.78, 5) is 17.1. The van der Waals surface area contributed by atoms with Crippen molar-refractivity contribution in [2.45, 2.75) is 55.9 Å². The standard InChI is InChI=1S/C33H31F3N6O2/c1-2-23-26(35)7-4-18-10-22(43)11-24(27(18)23)29-28(36)30-25(14-38-29)31(42-16-20-5-6-21(42)13-37-20)40-32(39-30)44-17-33-8-3-9-41(33)15-19(34)12-33/h1,4,7,10-11,14,19-21,37,43H,3,5-6,8-9,12-13,15-17H2/t19-,20?,21?,33+/m0/s1/i17D2,19D. The topological polar surface area (TPSA) is 86.6 Å². The number of pyridine rings is 1. The smallest absolute Gasteiger partial charge is 0.319 e. The molecule has 7 heterocycles. The van der Waals surface area contributed by atoms with Gasteiger partial charge in [0.25, 0.3) is 0 Å². The van der Waals surface area contributed by atoms with Gasteiger partial charge in [-0.2, -0.15) is 9.97 Å². The molecule has 4 atom stereocenters. The van der Waals surface area contributed by atoms with E-state index in [2.05, 4.69) is 26.2 Å². The fourth-order valence-electron chi connectivity index (χ4n) is 7.43. The van der Waals surface area contributed by atoms with Crippen LogP contribution in [0, 0.1) is 24.0 Å². The van der Waals surface area contributed by atoms with Crippen LogP contribution in [0.1, 0.15) is 41.8 Å². The van der Waals surface area contributed by atoms with Crippen LogP contribution in [0.3, 0.4) is 0 Å². The molecular weight excluding hydrogens is 569 g/mol. The van der Waals surface area contributed by atoms with Crippen LogP contribution in [0.4, 0.5) is 19.0 Å². The predicted octanol–water partition coefficient (Wildman–Crippen LogP) is 4.71. The second-order valence-corrected chi connectivity index (χ2v) is 12.1. The Morgan fingerprint density at radius 3 is 2.91 bits per heavy atom. The van der Waals surface area contributed by atoms with E-state index in [9.17, 15) is 13.9 Å². The highest BCUT2D eigenvalue weighted by molar-refractivity contribution is 6.03. The number of piperazine rings is 1. The van der Waals surface area contributed by atoms with Gasteiger partial charge >= 0.3 is 6.01 Å². The third-order valence-electron chi connectivity index (χ3n) is 9.52. The Morgan fingerprint density at radius 1 is 1.25 bits per heavy atom. The maximum Gasteiger partial charge on any atom is 0.319 e. The van der Waals surface area contributed by atoms with E-state index in [-0.39, 0.29) is 63.9 Å². The predicted molar refractivity (Wildman–Crippen MR) is 160 cm³/mol. The molecule has 44 heavy (non-hydrogen) atoms. The number of phenolic OH excluding ortho intramolecular Hbond substituents is 1. The number of hydrogen-bond donors (Lipinski definition) is 2. The molecule has 0 amide bonds. The molecule has 2 N–H and O–H groups in total. The second-order valence-electron chi connectivity index (χ2n) is 12.1. The monoisotopic (exact) mass is 603 g/mol. The van der Waals surface area contributed by atoms with Crippen LogP contribution in [0.25, 0.3) is 32.9 Å². The summed E-state index contributed by atoms with van der Waals surface area (Å²) in [6.45, 7) is -1.11. The molecule has 5 aliphatic heterocycles. The highest BCUT2D eigenvalue weighted by atomic mass is 19.1. The molecule has 8 nitrogen and oxygen atoms in total. The molecule has 2 unspecified atom stereocenters. The van der Waals surface area contributed by atoms with Crippen LogP contribution in [0.15, 0.2) is 30.5 Å². The lowest BCUT2D eigenvalue weighted by Crippen LogP contribution is -2.61. The summed E-state index contributed by atoms with van der Waals surface area (Å²) in [5.74, 6) is 0.815. The third-order valence-corrected chi connectivity index (χ3v) is 9.52. The Balaban J connectivity index is 1.32. The number of aromatic hydroxyl groups is 1. The van der Waals surface area contributed by atoms with Gasteiger partial charge < -0.3 is 20.1 Å². The molecule has 0 radical (unpaired) electrons. The second kappa shape index (κ2) is 10.2. The largest absolute Gasteiger partial charge is 0.508 e. The number of piperidine rings is 2. The number of halogens is 3. The fourth-order valence-corrected chi connectivity index (χ4v) is 7.43. The highest BCUT2D eigenvalue weighted by Gasteiger charge is 2.49. The molecular formula is C33H31F3N6O2. The van der Waals surface area contributed by atoms with Crippen molar-refractivity contribution in [2.75, 3.05) is 37.6 Å². The Labute approximate surface area is 256 Å². The molecule has 9 rings (SSSR count). The minimum atomic E-state index is -2.53. The Hall–Kier alpha value is -4.14. The number of aromatic nitrogens is 3. The summed E-state index contributed by atoms with van der Waals surface area (Å²) in [6, 6.07) is 5.01. The number of rotatable bonds is 5. The van der Waals surface area contributed by atoms with Crippen molar-refractivity contribution in [3.63, 3.8) is 0 Å². The average molecular weight is 604 g/mol. The number of alkyl halides is 1. The van der Waals surface area contributed by atoms with E-state index < -0.39 is 42.3 Å². The molecule has 0 spiro atoms. The van der Waals surface area contributed by atoms with Gasteiger partial charge in [0, 0.05) is 55.3 Å². The average Bonchev–Trinajstić information content (AvgIpc) is 3.55. The van der Waals surface area contributed by atoms with Crippen LogP contribution in [-0.4, -0.2) is 81.5 Å². The van der Waals surface area contributed by atoms with Gasteiger partial charge in [0.05, 0.1) is 20.6 Å². The zero-order valence-corrected chi connectivity index (χ0v) is 23.7. The number of nitrogens with one attached hydrogen (secondary N) is 1. The van der Waals surface area contributed by atoms with Crippen LogP contribution in [0.2, 0.25) is 0 Å². The van der Waals surface area contributed by atoms with Crippen molar-refractivity contribution in [3.8, 4) is 35.4 Å². The molecule has 2 aromatic carbocycles. The van der Waals surface area contributed by atoms with E-state index in [1.54, 1.807) is 4.90 Å². The van der Waals surface area contributed by atoms with E-state index in [0.717, 1.165) is 12.8 Å². The number of ether oxygens (including phenoxy) is 1. The highest BCUT2D eigenvalue weighted by Crippen LogP contribution is 2.42. The van der Waals surface area contributed by atoms with Crippen LogP contribution < -0.4 is 15.0 Å². The molecule has 226 valence electrons. The number of fused-ring (bicyclic) bond motifs is 6. The van der Waals surface area contributed by atoms with Gasteiger partial charge in [-0.15, -0.1) is 6.42 Å². The Bertz CT molecular complexity index is 2000. The first-order valence-electron chi connectivity index (χ1n) is 16.3. The maximum absolute atomic E-state index is 16.9. The van der Waals surface area contributed by atoms with Gasteiger partial charge in [-0.05, 0) is 55.8 Å². The summed E-state index contributed by atoms with van der Waals surface area (Å²) in [5.41, 5.74) is -1.97. The van der Waals surface area contributed by atoms with Gasteiger partial charge in [0.15, 0.2) is 5.82 Å². The van der Waals surface area contributed by atoms with E-state index in [0.29, 0.717) is 37.3 Å². The van der Waals surface area contributed by atoms with Crippen molar-refractivity contribution in [3.05, 3.63) is 47.7 Å². The van der Waals surface area contributed by atoms with Crippen LogP contribution >= 0.6 is 0 Å². The normalized spacial score (nSPS) is 29.4. The van der Waals surface area contributed by atoms with Crippen molar-refractivity contribution in [1.82, 2.24) is 25.2 Å². The van der Waals surface area contributed by atoms with Gasteiger partial charge in [0.1, 0.15) is 41.3 Å². The first-order chi connectivity index (χ1) is 22.4. The lowest BCUT2D eigenvalue weighted by Gasteiger charge is -2.46. The zero-order valence-electron chi connectivity index (χ0n) is 26.7. The van der Waals surface area contributed by atoms with E-state index in [4.69, 9.17) is 15.3 Å². The lowest BCUT2D eigenvalue weighted by atomic mass is 9.92. The van der Waals surface area contributed by atoms with Crippen molar-refractivity contribution >= 4 is 27.5 Å². The molecule has 0 saturated carbocycles. The van der Waals surface area contributed by atoms with E-state index in [1.165, 1.54) is 30.5 Å². The number of nitrogens with zero attached hydrogens (tertiary/aromatic N) is 5. The first kappa shape index (κ1) is 24.2. The number of hydrogen-bond acceptors (Lipinski definition) is 8. The van der Waals surface area contributed by atoms with E-state index in [1.807, 2.05) is 4.90 Å². The summed E-state index contributed by atoms with van der Waals surface area (Å²) >= 11 is 0. The summed E-state index contributed by atoms with van der Waals surface area (Å²) in [7, 11) is 0. The lowest BCUT2D eigenvalue weighted by molar-refractivity contribution is 0.107. The zero-order chi connectivity index (χ0) is 32.9. The quantitative estimate of drug-likeness (QED) is 0.318. The molecule has 0 aliphatic carbocycles. The SMILES string of the molecule is [2H]C([2H])(Oc1nc(N2CC3CCC2CN3)c2cnc(-c3cc(O)cc4ccc(F)c(C#C)c34)c(F)c2n1)[C@]12CCCN1C[C@@]([2H])(F)C2. The maximum atomic E-state index is 16.9. The Morgan fingerprint density at radius 2 is 2.14 bits per heavy atom. The summed E-state index contributed by atoms with van der Waals surface area (Å²) in [6.07, 6.45) is 7.03. The minimum Gasteiger partial charge on any atom is -0.508 e. The fraction of sp³-hybridized carbons (Fsp3) is 0.424. The summed E-state index contributed by atoms with van der Waals surface area (Å²) < 4.78 is 78.7. The molecule has 5 fully saturated rings. The molecule has 4 aromatic rings. The van der Waals surface area contributed by atoms with Gasteiger partial charge in [0.2, 0.25) is 0 Å². The van der Waals surface area contributed by atoms with Crippen molar-refractivity contribution < 1.29 is 27.1 Å². The Kier molecular flexibility index (Phi) is 5.62. The number of terminal acetylenes is 1. The molecule has 11 heteroatoms. The minimum absolute atomic E-state index is 0.0239. The first-order valence-corrected chi connectivity index (χ1v) is 14.8. The number of phenols is 1. The van der Waals surface area contributed by atoms with Crippen LogP contribution in [-0.2, 0) is 0 Å². The van der Waals surface area contributed by atoms with Gasteiger partial charge in [-0.25, -0.2) is 13.2 Å². The van der Waals surface area contributed by atoms with Crippen molar-refractivity contribution in [1.29, 1.82) is 0 Å². The van der Waals surface area contributed by atoms with Gasteiger partial charge in [-0.1, -0.05) is 12.0 Å². The third kappa shape index (κ3) is 4.26. The molecule has 2 aromatic heterocycles. The number of benzene rings is 2. The molecule has 2 bridgehead atoms. The van der Waals surface area contributed by atoms with E-state index >= 15 is 4.39 Å². The molecule has 5 saturated heterocycles. The number of anilines is 1. The van der Waals surface area contributed by atoms with Crippen LogP contribution in [0.5, 0.6) is 11.8 Å². The van der Waals surface area contributed by atoms with Crippen molar-refractivity contribution in [2.24, 2.45) is 0 Å². The molecule has 5 aliphatic rings. The van der Waals surface area contributed by atoms with Gasteiger partial charge in [-0.3, -0.25) is 9.88 Å². The summed E-state index contributed by atoms with van der Waals surface area (Å²) in [5, 5.41) is 14.8.